The van der Waals surface area contributed by atoms with Crippen LogP contribution in [0.5, 0.6) is 0 Å². The zero-order valence-electron chi connectivity index (χ0n) is 13.6. The summed E-state index contributed by atoms with van der Waals surface area (Å²) in [6, 6.07) is 8.99. The van der Waals surface area contributed by atoms with Crippen LogP contribution in [0.15, 0.2) is 30.3 Å². The van der Waals surface area contributed by atoms with Crippen molar-refractivity contribution < 1.29 is 14.4 Å². The SMILES string of the molecule is CCCCC(=O)NC(=S)NNC(=O)CCC(=O)Nc1ccccc1. The molecule has 0 radical (unpaired) electrons. The Labute approximate surface area is 146 Å². The molecule has 0 saturated heterocycles. The maximum absolute atomic E-state index is 11.7. The van der Waals surface area contributed by atoms with E-state index in [0.29, 0.717) is 12.1 Å². The normalized spacial score (nSPS) is 9.71. The minimum atomic E-state index is -0.400. The summed E-state index contributed by atoms with van der Waals surface area (Å²) >= 11 is 4.88. The molecule has 0 fully saturated rings. The molecule has 0 unspecified atom stereocenters. The van der Waals surface area contributed by atoms with E-state index in [9.17, 15) is 14.4 Å². The number of amides is 3. The van der Waals surface area contributed by atoms with Crippen LogP contribution in [0.25, 0.3) is 0 Å². The third-order valence-electron chi connectivity index (χ3n) is 2.96. The molecule has 0 aromatic heterocycles. The summed E-state index contributed by atoms with van der Waals surface area (Å²) in [6.07, 6.45) is 2.11. The van der Waals surface area contributed by atoms with Crippen molar-refractivity contribution in [3.05, 3.63) is 30.3 Å². The Morgan fingerprint density at radius 1 is 0.917 bits per heavy atom. The van der Waals surface area contributed by atoms with E-state index >= 15 is 0 Å². The van der Waals surface area contributed by atoms with Gasteiger partial charge in [-0.15, -0.1) is 0 Å². The summed E-state index contributed by atoms with van der Waals surface area (Å²) < 4.78 is 0. The van der Waals surface area contributed by atoms with Crippen molar-refractivity contribution in [1.29, 1.82) is 0 Å². The number of hydrogen-bond donors (Lipinski definition) is 4. The first-order valence-corrected chi connectivity index (χ1v) is 8.15. The molecule has 130 valence electrons. The second-order valence-corrected chi connectivity index (χ2v) is 5.48. The molecule has 0 heterocycles. The molecule has 24 heavy (non-hydrogen) atoms. The van der Waals surface area contributed by atoms with Crippen LogP contribution in [-0.2, 0) is 14.4 Å². The quantitative estimate of drug-likeness (QED) is 0.442. The van der Waals surface area contributed by atoms with Gasteiger partial charge in [-0.25, -0.2) is 0 Å². The molecule has 0 aliphatic carbocycles. The second kappa shape index (κ2) is 11.1. The summed E-state index contributed by atoms with van der Waals surface area (Å²) in [5.41, 5.74) is 5.45. The highest BCUT2D eigenvalue weighted by Gasteiger charge is 2.08. The molecular weight excluding hydrogens is 328 g/mol. The van der Waals surface area contributed by atoms with E-state index in [2.05, 4.69) is 21.5 Å². The average Bonchev–Trinajstić information content (AvgIpc) is 2.57. The van der Waals surface area contributed by atoms with Gasteiger partial charge in [0.2, 0.25) is 17.7 Å². The molecule has 1 aromatic carbocycles. The van der Waals surface area contributed by atoms with E-state index in [4.69, 9.17) is 12.2 Å². The minimum Gasteiger partial charge on any atom is -0.326 e. The summed E-state index contributed by atoms with van der Waals surface area (Å²) in [4.78, 5) is 34.8. The summed E-state index contributed by atoms with van der Waals surface area (Å²) in [7, 11) is 0. The highest BCUT2D eigenvalue weighted by atomic mass is 32.1. The summed E-state index contributed by atoms with van der Waals surface area (Å²) in [5.74, 6) is -0.860. The van der Waals surface area contributed by atoms with Crippen LogP contribution in [0.2, 0.25) is 0 Å². The van der Waals surface area contributed by atoms with Gasteiger partial charge >= 0.3 is 0 Å². The van der Waals surface area contributed by atoms with E-state index in [1.165, 1.54) is 0 Å². The molecule has 0 aliphatic heterocycles. The molecule has 3 amide bonds. The molecule has 4 N–H and O–H groups in total. The number of carbonyl (C=O) groups is 3. The zero-order valence-corrected chi connectivity index (χ0v) is 14.4. The first kappa shape index (κ1) is 19.6. The van der Waals surface area contributed by atoms with Crippen LogP contribution < -0.4 is 21.5 Å². The van der Waals surface area contributed by atoms with E-state index < -0.39 is 5.91 Å². The van der Waals surface area contributed by atoms with Crippen LogP contribution in [0, 0.1) is 0 Å². The van der Waals surface area contributed by atoms with E-state index in [0.717, 1.165) is 12.8 Å². The fourth-order valence-electron chi connectivity index (χ4n) is 1.72. The Bertz CT molecular complexity index is 578. The number of nitrogens with one attached hydrogen (secondary N) is 4. The largest absolute Gasteiger partial charge is 0.326 e. The van der Waals surface area contributed by atoms with Gasteiger partial charge in [-0.05, 0) is 30.8 Å². The molecule has 0 atom stereocenters. The van der Waals surface area contributed by atoms with Gasteiger partial charge in [0.15, 0.2) is 5.11 Å². The van der Waals surface area contributed by atoms with Crippen LogP contribution in [-0.4, -0.2) is 22.8 Å². The smallest absolute Gasteiger partial charge is 0.238 e. The first-order chi connectivity index (χ1) is 11.5. The van der Waals surface area contributed by atoms with Crippen molar-refractivity contribution in [2.45, 2.75) is 39.0 Å². The molecule has 0 spiro atoms. The third kappa shape index (κ3) is 8.84. The van der Waals surface area contributed by atoms with Crippen LogP contribution in [0.3, 0.4) is 0 Å². The molecule has 7 nitrogen and oxygen atoms in total. The number of unbranched alkanes of at least 4 members (excludes halogenated alkanes) is 1. The van der Waals surface area contributed by atoms with Crippen molar-refractivity contribution in [3.8, 4) is 0 Å². The lowest BCUT2D eigenvalue weighted by Crippen LogP contribution is -2.48. The van der Waals surface area contributed by atoms with Gasteiger partial charge in [-0.3, -0.25) is 25.2 Å². The van der Waals surface area contributed by atoms with Gasteiger partial charge < -0.3 is 10.6 Å². The van der Waals surface area contributed by atoms with E-state index in [1.54, 1.807) is 12.1 Å². The molecule has 0 bridgehead atoms. The number of anilines is 1. The molecular formula is C16H22N4O3S. The number of rotatable bonds is 7. The van der Waals surface area contributed by atoms with Crippen molar-refractivity contribution in [1.82, 2.24) is 16.2 Å². The number of carbonyl (C=O) groups excluding carboxylic acids is 3. The van der Waals surface area contributed by atoms with Crippen LogP contribution in [0.1, 0.15) is 39.0 Å². The lowest BCUT2D eigenvalue weighted by Gasteiger charge is -2.10. The fraction of sp³-hybridized carbons (Fsp3) is 0.375. The highest BCUT2D eigenvalue weighted by Crippen LogP contribution is 2.05. The van der Waals surface area contributed by atoms with E-state index in [1.807, 2.05) is 25.1 Å². The molecule has 8 heteroatoms. The van der Waals surface area contributed by atoms with Crippen LogP contribution in [0.4, 0.5) is 5.69 Å². The van der Waals surface area contributed by atoms with Gasteiger partial charge in [0.25, 0.3) is 0 Å². The Kier molecular flexibility index (Phi) is 9.06. The van der Waals surface area contributed by atoms with E-state index in [-0.39, 0.29) is 29.8 Å². The molecule has 1 aromatic rings. The fourth-order valence-corrected chi connectivity index (χ4v) is 1.88. The predicted molar refractivity (Wildman–Crippen MR) is 95.8 cm³/mol. The standard InChI is InChI=1S/C16H22N4O3S/c1-2-3-9-13(21)18-16(24)20-19-15(23)11-10-14(22)17-12-7-5-4-6-8-12/h4-8H,2-3,9-11H2,1H3,(H,17,22)(H,19,23)(H2,18,20,21,24). The molecule has 0 saturated carbocycles. The molecule has 0 aliphatic rings. The van der Waals surface area contributed by atoms with Gasteiger partial charge in [-0.2, -0.15) is 0 Å². The maximum atomic E-state index is 11.7. The average molecular weight is 350 g/mol. The summed E-state index contributed by atoms with van der Waals surface area (Å²) in [5, 5.41) is 5.17. The van der Waals surface area contributed by atoms with Gasteiger partial charge in [0.05, 0.1) is 0 Å². The number of hydrogen-bond acceptors (Lipinski definition) is 4. The highest BCUT2D eigenvalue weighted by molar-refractivity contribution is 7.80. The first-order valence-electron chi connectivity index (χ1n) is 7.74. The molecule has 1 rings (SSSR count). The van der Waals surface area contributed by atoms with Crippen LogP contribution >= 0.6 is 12.2 Å². The van der Waals surface area contributed by atoms with Gasteiger partial charge in [-0.1, -0.05) is 31.5 Å². The number of para-hydroxylation sites is 1. The lowest BCUT2D eigenvalue weighted by atomic mass is 10.2. The number of thiocarbonyl (C=S) groups is 1. The van der Waals surface area contributed by atoms with Crippen molar-refractivity contribution in [2.24, 2.45) is 0 Å². The van der Waals surface area contributed by atoms with Crippen molar-refractivity contribution in [3.63, 3.8) is 0 Å². The Morgan fingerprint density at radius 3 is 2.25 bits per heavy atom. The number of benzene rings is 1. The summed E-state index contributed by atoms with van der Waals surface area (Å²) in [6.45, 7) is 1.98. The second-order valence-electron chi connectivity index (χ2n) is 5.07. The Balaban J connectivity index is 2.18. The topological polar surface area (TPSA) is 99.3 Å². The number of hydrazine groups is 1. The maximum Gasteiger partial charge on any atom is 0.238 e. The van der Waals surface area contributed by atoms with Crippen molar-refractivity contribution in [2.75, 3.05) is 5.32 Å². The zero-order chi connectivity index (χ0) is 17.8. The minimum absolute atomic E-state index is 0.00192. The van der Waals surface area contributed by atoms with Crippen molar-refractivity contribution >= 4 is 40.7 Å². The third-order valence-corrected chi connectivity index (χ3v) is 3.17. The Hall–Kier alpha value is -2.48. The Morgan fingerprint density at radius 2 is 1.58 bits per heavy atom. The van der Waals surface area contributed by atoms with Gasteiger partial charge in [0, 0.05) is 24.9 Å². The lowest BCUT2D eigenvalue weighted by molar-refractivity contribution is -0.124. The van der Waals surface area contributed by atoms with Gasteiger partial charge in [0.1, 0.15) is 0 Å². The monoisotopic (exact) mass is 350 g/mol. The predicted octanol–water partition coefficient (Wildman–Crippen LogP) is 1.62.